The van der Waals surface area contributed by atoms with Crippen LogP contribution in [0.1, 0.15) is 12.0 Å². The Balaban J connectivity index is 1.48. The summed E-state index contributed by atoms with van der Waals surface area (Å²) < 4.78 is 23.5. The van der Waals surface area contributed by atoms with Crippen LogP contribution in [0.5, 0.6) is 11.5 Å². The van der Waals surface area contributed by atoms with Crippen molar-refractivity contribution in [2.24, 2.45) is 0 Å². The van der Waals surface area contributed by atoms with Crippen molar-refractivity contribution in [2.45, 2.75) is 13.0 Å². The van der Waals surface area contributed by atoms with Gasteiger partial charge in [-0.05, 0) is 35.9 Å². The van der Waals surface area contributed by atoms with Gasteiger partial charge in [0.25, 0.3) is 0 Å². The molecule has 2 aromatic rings. The zero-order chi connectivity index (χ0) is 17.8. The number of carbonyl (C=O) groups excluding carboxylic acids is 2. The van der Waals surface area contributed by atoms with Crippen molar-refractivity contribution in [2.75, 3.05) is 12.1 Å². The van der Waals surface area contributed by atoms with Crippen LogP contribution >= 0.6 is 11.6 Å². The number of halogens is 2. The summed E-state index contributed by atoms with van der Waals surface area (Å²) in [5.41, 5.74) is 1.14. The molecule has 0 radical (unpaired) electrons. The van der Waals surface area contributed by atoms with Crippen LogP contribution < -0.4 is 20.1 Å². The molecule has 0 saturated carbocycles. The van der Waals surface area contributed by atoms with Crippen LogP contribution in [0.2, 0.25) is 5.02 Å². The number of hydrogen-bond acceptors (Lipinski definition) is 4. The minimum absolute atomic E-state index is 0.106. The lowest BCUT2D eigenvalue weighted by molar-refractivity contribution is -0.126. The molecule has 25 heavy (non-hydrogen) atoms. The summed E-state index contributed by atoms with van der Waals surface area (Å²) in [7, 11) is 0. The molecule has 6 nitrogen and oxygen atoms in total. The van der Waals surface area contributed by atoms with Crippen LogP contribution in [0.15, 0.2) is 36.4 Å². The number of nitrogens with one attached hydrogen (secondary N) is 2. The van der Waals surface area contributed by atoms with E-state index < -0.39 is 17.6 Å². The Morgan fingerprint density at radius 2 is 1.88 bits per heavy atom. The maximum absolute atomic E-state index is 13.1. The van der Waals surface area contributed by atoms with Gasteiger partial charge in [0.2, 0.25) is 18.6 Å². The minimum atomic E-state index is -0.582. The van der Waals surface area contributed by atoms with E-state index in [0.717, 1.165) is 11.6 Å². The molecular weight excluding hydrogens is 351 g/mol. The van der Waals surface area contributed by atoms with Crippen LogP contribution in [0.3, 0.4) is 0 Å². The average molecular weight is 365 g/mol. The molecule has 1 aliphatic rings. The van der Waals surface area contributed by atoms with E-state index in [1.54, 1.807) is 18.2 Å². The van der Waals surface area contributed by atoms with Gasteiger partial charge in [0.15, 0.2) is 11.5 Å². The highest BCUT2D eigenvalue weighted by molar-refractivity contribution is 6.31. The van der Waals surface area contributed by atoms with E-state index in [4.69, 9.17) is 21.1 Å². The lowest BCUT2D eigenvalue weighted by Gasteiger charge is -2.08. The van der Waals surface area contributed by atoms with Crippen molar-refractivity contribution < 1.29 is 23.5 Å². The van der Waals surface area contributed by atoms with E-state index in [2.05, 4.69) is 10.6 Å². The highest BCUT2D eigenvalue weighted by atomic mass is 35.5. The van der Waals surface area contributed by atoms with Crippen molar-refractivity contribution in [3.05, 3.63) is 52.8 Å². The van der Waals surface area contributed by atoms with Gasteiger partial charge in [-0.3, -0.25) is 9.59 Å². The first kappa shape index (κ1) is 17.0. The maximum Gasteiger partial charge on any atom is 0.233 e. The monoisotopic (exact) mass is 364 g/mol. The fraction of sp³-hybridized carbons (Fsp3) is 0.176. The van der Waals surface area contributed by atoms with E-state index in [0.29, 0.717) is 17.2 Å². The molecule has 8 heteroatoms. The summed E-state index contributed by atoms with van der Waals surface area (Å²) in [6.07, 6.45) is -0.362. The molecule has 0 unspecified atom stereocenters. The second-order valence-corrected chi connectivity index (χ2v) is 5.73. The van der Waals surface area contributed by atoms with Crippen LogP contribution in [0.25, 0.3) is 0 Å². The number of rotatable bonds is 5. The molecule has 2 N–H and O–H groups in total. The SMILES string of the molecule is O=C(CC(=O)Nc1ccc(F)c(Cl)c1)NCc1ccc2c(c1)OCO2. The third-order valence-electron chi connectivity index (χ3n) is 3.45. The number of fused-ring (bicyclic) bond motifs is 1. The molecular formula is C17H14ClFN2O4. The van der Waals surface area contributed by atoms with Gasteiger partial charge in [0.05, 0.1) is 5.02 Å². The Labute approximate surface area is 147 Å². The zero-order valence-electron chi connectivity index (χ0n) is 13.0. The average Bonchev–Trinajstić information content (AvgIpc) is 3.04. The van der Waals surface area contributed by atoms with Gasteiger partial charge in [-0.25, -0.2) is 4.39 Å². The van der Waals surface area contributed by atoms with E-state index in [1.165, 1.54) is 12.1 Å². The molecule has 1 heterocycles. The minimum Gasteiger partial charge on any atom is -0.454 e. The fourth-order valence-corrected chi connectivity index (χ4v) is 2.42. The molecule has 1 aliphatic heterocycles. The summed E-state index contributed by atoms with van der Waals surface area (Å²) in [6, 6.07) is 9.10. The van der Waals surface area contributed by atoms with Gasteiger partial charge in [0.1, 0.15) is 12.2 Å². The van der Waals surface area contributed by atoms with E-state index >= 15 is 0 Å². The van der Waals surface area contributed by atoms with E-state index in [9.17, 15) is 14.0 Å². The lowest BCUT2D eigenvalue weighted by Crippen LogP contribution is -2.27. The van der Waals surface area contributed by atoms with Crippen molar-refractivity contribution in [3.8, 4) is 11.5 Å². The van der Waals surface area contributed by atoms with E-state index in [1.807, 2.05) is 0 Å². The Morgan fingerprint density at radius 3 is 2.68 bits per heavy atom. The number of ether oxygens (including phenoxy) is 2. The number of benzene rings is 2. The number of hydrogen-bond donors (Lipinski definition) is 2. The van der Waals surface area contributed by atoms with Crippen LogP contribution in [-0.4, -0.2) is 18.6 Å². The standard InChI is InChI=1S/C17H14ClFN2O4/c18-12-6-11(2-3-13(12)19)21-17(23)7-16(22)20-8-10-1-4-14-15(5-10)25-9-24-14/h1-6H,7-9H2,(H,20,22)(H,21,23). The van der Waals surface area contributed by atoms with Gasteiger partial charge < -0.3 is 20.1 Å². The Morgan fingerprint density at radius 1 is 1.08 bits per heavy atom. The van der Waals surface area contributed by atoms with Gasteiger partial charge in [-0.15, -0.1) is 0 Å². The summed E-state index contributed by atoms with van der Waals surface area (Å²) in [5, 5.41) is 5.02. The summed E-state index contributed by atoms with van der Waals surface area (Å²) in [4.78, 5) is 23.7. The molecule has 3 rings (SSSR count). The Bertz CT molecular complexity index is 828. The second kappa shape index (κ2) is 7.40. The van der Waals surface area contributed by atoms with Gasteiger partial charge in [-0.1, -0.05) is 17.7 Å². The Hall–Kier alpha value is -2.80. The highest BCUT2D eigenvalue weighted by Crippen LogP contribution is 2.32. The van der Waals surface area contributed by atoms with Crippen molar-refractivity contribution in [3.63, 3.8) is 0 Å². The normalized spacial score (nSPS) is 11.9. The second-order valence-electron chi connectivity index (χ2n) is 5.32. The summed E-state index contributed by atoms with van der Waals surface area (Å²) in [5.74, 6) is -0.263. The molecule has 0 aromatic heterocycles. The van der Waals surface area contributed by atoms with Crippen molar-refractivity contribution >= 4 is 29.1 Å². The topological polar surface area (TPSA) is 76.7 Å². The number of amides is 2. The highest BCUT2D eigenvalue weighted by Gasteiger charge is 2.14. The largest absolute Gasteiger partial charge is 0.454 e. The van der Waals surface area contributed by atoms with Crippen LogP contribution in [-0.2, 0) is 16.1 Å². The smallest absolute Gasteiger partial charge is 0.233 e. The van der Waals surface area contributed by atoms with Crippen LogP contribution in [0, 0.1) is 5.82 Å². The predicted molar refractivity (Wildman–Crippen MR) is 89.1 cm³/mol. The molecule has 0 fully saturated rings. The van der Waals surface area contributed by atoms with Gasteiger partial charge in [-0.2, -0.15) is 0 Å². The number of anilines is 1. The first-order valence-corrected chi connectivity index (χ1v) is 7.79. The molecule has 0 saturated heterocycles. The third kappa shape index (κ3) is 4.39. The first-order valence-electron chi connectivity index (χ1n) is 7.41. The van der Waals surface area contributed by atoms with Crippen LogP contribution in [0.4, 0.5) is 10.1 Å². The Kier molecular flexibility index (Phi) is 5.04. The predicted octanol–water partition coefficient (Wildman–Crippen LogP) is 2.85. The molecule has 2 amide bonds. The zero-order valence-corrected chi connectivity index (χ0v) is 13.7. The number of carbonyl (C=O) groups is 2. The summed E-state index contributed by atoms with van der Waals surface area (Å²) >= 11 is 5.64. The molecule has 0 bridgehead atoms. The fourth-order valence-electron chi connectivity index (χ4n) is 2.24. The van der Waals surface area contributed by atoms with Crippen molar-refractivity contribution in [1.82, 2.24) is 5.32 Å². The maximum atomic E-state index is 13.1. The summed E-state index contributed by atoms with van der Waals surface area (Å²) in [6.45, 7) is 0.434. The third-order valence-corrected chi connectivity index (χ3v) is 3.74. The molecule has 2 aromatic carbocycles. The lowest BCUT2D eigenvalue weighted by atomic mass is 10.2. The first-order chi connectivity index (χ1) is 12.0. The molecule has 130 valence electrons. The van der Waals surface area contributed by atoms with E-state index in [-0.39, 0.29) is 24.8 Å². The molecule has 0 spiro atoms. The molecule has 0 aliphatic carbocycles. The van der Waals surface area contributed by atoms with Gasteiger partial charge >= 0.3 is 0 Å². The quantitative estimate of drug-likeness (QED) is 0.800. The van der Waals surface area contributed by atoms with Crippen molar-refractivity contribution in [1.29, 1.82) is 0 Å². The van der Waals surface area contributed by atoms with Gasteiger partial charge in [0, 0.05) is 12.2 Å². The molecule has 0 atom stereocenters.